The maximum Gasteiger partial charge on any atom is 0.359 e. The highest BCUT2D eigenvalue weighted by Gasteiger charge is 2.17. The molecular formula is C11H11BrN2O2. The van der Waals surface area contributed by atoms with Crippen LogP contribution in [0.5, 0.6) is 0 Å². The molecule has 0 saturated heterocycles. The average molecular weight is 283 g/mol. The molecule has 16 heavy (non-hydrogen) atoms. The highest BCUT2D eigenvalue weighted by molar-refractivity contribution is 9.10. The lowest BCUT2D eigenvalue weighted by Gasteiger charge is -1.98. The molecule has 0 saturated carbocycles. The van der Waals surface area contributed by atoms with Crippen LogP contribution < -0.4 is 0 Å². The summed E-state index contributed by atoms with van der Waals surface area (Å²) in [5, 5.41) is 0. The number of pyridine rings is 1. The molecule has 2 rings (SSSR count). The van der Waals surface area contributed by atoms with Gasteiger partial charge in [-0.15, -0.1) is 0 Å². The summed E-state index contributed by atoms with van der Waals surface area (Å²) in [6.07, 6.45) is 1.91. The predicted octanol–water partition coefficient (Wildman–Crippen LogP) is 2.58. The van der Waals surface area contributed by atoms with E-state index >= 15 is 0 Å². The number of hydrogen-bond acceptors (Lipinski definition) is 3. The summed E-state index contributed by atoms with van der Waals surface area (Å²) < 4.78 is 7.37. The summed E-state index contributed by atoms with van der Waals surface area (Å²) in [6.45, 7) is 4.10. The zero-order chi connectivity index (χ0) is 11.7. The quantitative estimate of drug-likeness (QED) is 0.796. The number of esters is 1. The first kappa shape index (κ1) is 11.1. The first-order valence-electron chi connectivity index (χ1n) is 4.94. The van der Waals surface area contributed by atoms with Crippen molar-refractivity contribution in [2.75, 3.05) is 6.61 Å². The number of fused-ring (bicyclic) bond motifs is 1. The Morgan fingerprint density at radius 1 is 1.56 bits per heavy atom. The number of halogens is 1. The van der Waals surface area contributed by atoms with Gasteiger partial charge in [-0.1, -0.05) is 6.07 Å². The van der Waals surface area contributed by atoms with E-state index in [9.17, 15) is 4.79 Å². The average Bonchev–Trinajstić information content (AvgIpc) is 2.57. The van der Waals surface area contributed by atoms with Gasteiger partial charge in [-0.3, -0.25) is 4.40 Å². The van der Waals surface area contributed by atoms with Crippen molar-refractivity contribution in [1.29, 1.82) is 0 Å². The third-order valence-electron chi connectivity index (χ3n) is 2.18. The van der Waals surface area contributed by atoms with Gasteiger partial charge in [0.05, 0.1) is 6.61 Å². The van der Waals surface area contributed by atoms with Crippen molar-refractivity contribution in [3.63, 3.8) is 0 Å². The molecule has 0 aliphatic carbocycles. The molecule has 4 nitrogen and oxygen atoms in total. The van der Waals surface area contributed by atoms with Crippen molar-refractivity contribution in [2.45, 2.75) is 13.8 Å². The fourth-order valence-corrected chi connectivity index (χ4v) is 1.99. The minimum absolute atomic E-state index is 0.312. The number of hydrogen-bond donors (Lipinski definition) is 0. The number of rotatable bonds is 2. The van der Waals surface area contributed by atoms with E-state index in [1.165, 1.54) is 0 Å². The Bertz CT molecular complexity index is 548. The fourth-order valence-electron chi connectivity index (χ4n) is 1.45. The normalized spacial score (nSPS) is 10.7. The summed E-state index contributed by atoms with van der Waals surface area (Å²) in [6, 6.07) is 3.81. The van der Waals surface area contributed by atoms with E-state index < -0.39 is 5.97 Å². The highest BCUT2D eigenvalue weighted by Crippen LogP contribution is 2.20. The molecule has 0 amide bonds. The van der Waals surface area contributed by atoms with E-state index in [4.69, 9.17) is 4.74 Å². The molecule has 0 bridgehead atoms. The second-order valence-corrected chi connectivity index (χ2v) is 4.16. The molecule has 0 fully saturated rings. The van der Waals surface area contributed by atoms with Crippen LogP contribution in [0, 0.1) is 6.92 Å². The molecule has 0 aliphatic rings. The SMILES string of the molecule is CCOC(=O)c1nc2ccc(C)cn2c1Br. The number of aryl methyl sites for hydroxylation is 1. The highest BCUT2D eigenvalue weighted by atomic mass is 79.9. The van der Waals surface area contributed by atoms with Gasteiger partial charge in [0.2, 0.25) is 0 Å². The third kappa shape index (κ3) is 1.82. The van der Waals surface area contributed by atoms with Crippen molar-refractivity contribution in [3.05, 3.63) is 34.2 Å². The van der Waals surface area contributed by atoms with Gasteiger partial charge in [0.25, 0.3) is 0 Å². The Morgan fingerprint density at radius 3 is 3.00 bits per heavy atom. The second-order valence-electron chi connectivity index (χ2n) is 3.41. The topological polar surface area (TPSA) is 43.6 Å². The summed E-state index contributed by atoms with van der Waals surface area (Å²) in [4.78, 5) is 15.8. The van der Waals surface area contributed by atoms with E-state index in [-0.39, 0.29) is 0 Å². The number of nitrogens with zero attached hydrogens (tertiary/aromatic N) is 2. The van der Waals surface area contributed by atoms with Gasteiger partial charge in [0, 0.05) is 6.20 Å². The molecule has 0 N–H and O–H groups in total. The van der Waals surface area contributed by atoms with Gasteiger partial charge < -0.3 is 4.74 Å². The van der Waals surface area contributed by atoms with Crippen LogP contribution in [0.4, 0.5) is 0 Å². The Labute approximate surface area is 101 Å². The summed E-state index contributed by atoms with van der Waals surface area (Å²) in [5.41, 5.74) is 2.13. The van der Waals surface area contributed by atoms with Crippen LogP contribution in [-0.4, -0.2) is 22.0 Å². The molecule has 2 heterocycles. The van der Waals surface area contributed by atoms with Crippen LogP contribution in [0.15, 0.2) is 22.9 Å². The standard InChI is InChI=1S/C11H11BrN2O2/c1-3-16-11(15)9-10(12)14-6-7(2)4-5-8(14)13-9/h4-6H,3H2,1-2H3. The van der Waals surface area contributed by atoms with Gasteiger partial charge in [0.15, 0.2) is 5.69 Å². The van der Waals surface area contributed by atoms with Crippen molar-refractivity contribution in [3.8, 4) is 0 Å². The van der Waals surface area contributed by atoms with E-state index in [0.29, 0.717) is 16.9 Å². The van der Waals surface area contributed by atoms with Crippen LogP contribution in [-0.2, 0) is 4.74 Å². The van der Waals surface area contributed by atoms with E-state index in [0.717, 1.165) is 11.2 Å². The monoisotopic (exact) mass is 282 g/mol. The first-order chi connectivity index (χ1) is 7.63. The van der Waals surface area contributed by atoms with Crippen LogP contribution in [0.25, 0.3) is 5.65 Å². The van der Waals surface area contributed by atoms with Crippen LogP contribution in [0.2, 0.25) is 0 Å². The second kappa shape index (κ2) is 4.25. The molecule has 2 aromatic rings. The Kier molecular flexibility index (Phi) is 2.96. The molecule has 0 spiro atoms. The number of imidazole rings is 1. The number of carbonyl (C=O) groups excluding carboxylic acids is 1. The van der Waals surface area contributed by atoms with Gasteiger partial charge in [0.1, 0.15) is 10.3 Å². The number of aromatic nitrogens is 2. The molecule has 0 aromatic carbocycles. The number of carbonyl (C=O) groups is 1. The molecule has 84 valence electrons. The molecule has 0 radical (unpaired) electrons. The zero-order valence-electron chi connectivity index (χ0n) is 9.03. The molecule has 0 unspecified atom stereocenters. The van der Waals surface area contributed by atoms with Gasteiger partial charge in [-0.05, 0) is 41.4 Å². The lowest BCUT2D eigenvalue weighted by Crippen LogP contribution is -2.05. The smallest absolute Gasteiger partial charge is 0.359 e. The minimum Gasteiger partial charge on any atom is -0.461 e. The van der Waals surface area contributed by atoms with Crippen LogP contribution in [0.3, 0.4) is 0 Å². The van der Waals surface area contributed by atoms with Crippen LogP contribution >= 0.6 is 15.9 Å². The Balaban J connectivity index is 2.56. The first-order valence-corrected chi connectivity index (χ1v) is 5.74. The molecule has 5 heteroatoms. The predicted molar refractivity (Wildman–Crippen MR) is 63.6 cm³/mol. The summed E-state index contributed by atoms with van der Waals surface area (Å²) in [7, 11) is 0. The Morgan fingerprint density at radius 2 is 2.31 bits per heavy atom. The van der Waals surface area contributed by atoms with Gasteiger partial charge >= 0.3 is 5.97 Å². The Hall–Kier alpha value is -1.36. The van der Waals surface area contributed by atoms with Crippen LogP contribution in [0.1, 0.15) is 23.0 Å². The van der Waals surface area contributed by atoms with Crippen molar-refractivity contribution in [1.82, 2.24) is 9.38 Å². The lowest BCUT2D eigenvalue weighted by molar-refractivity contribution is 0.0519. The van der Waals surface area contributed by atoms with Crippen molar-refractivity contribution < 1.29 is 9.53 Å². The lowest BCUT2D eigenvalue weighted by atomic mass is 10.3. The molecule has 0 aliphatic heterocycles. The number of ether oxygens (including phenoxy) is 1. The van der Waals surface area contributed by atoms with Gasteiger partial charge in [-0.25, -0.2) is 9.78 Å². The van der Waals surface area contributed by atoms with Crippen molar-refractivity contribution in [2.24, 2.45) is 0 Å². The molecule has 2 aromatic heterocycles. The third-order valence-corrected chi connectivity index (χ3v) is 2.93. The zero-order valence-corrected chi connectivity index (χ0v) is 10.6. The maximum atomic E-state index is 11.6. The van der Waals surface area contributed by atoms with Crippen molar-refractivity contribution >= 4 is 27.5 Å². The summed E-state index contributed by atoms with van der Waals surface area (Å²) >= 11 is 3.36. The largest absolute Gasteiger partial charge is 0.461 e. The maximum absolute atomic E-state index is 11.6. The summed E-state index contributed by atoms with van der Waals surface area (Å²) in [5.74, 6) is -0.407. The van der Waals surface area contributed by atoms with E-state index in [1.54, 1.807) is 6.92 Å². The minimum atomic E-state index is -0.407. The molecular weight excluding hydrogens is 272 g/mol. The van der Waals surface area contributed by atoms with E-state index in [1.807, 2.05) is 29.7 Å². The molecule has 0 atom stereocenters. The van der Waals surface area contributed by atoms with Gasteiger partial charge in [-0.2, -0.15) is 0 Å². The van der Waals surface area contributed by atoms with E-state index in [2.05, 4.69) is 20.9 Å². The fraction of sp³-hybridized carbons (Fsp3) is 0.273.